The van der Waals surface area contributed by atoms with Gasteiger partial charge in [0, 0.05) is 18.4 Å². The first-order valence-corrected chi connectivity index (χ1v) is 8.73. The Morgan fingerprint density at radius 1 is 1.38 bits per heavy atom. The van der Waals surface area contributed by atoms with Crippen LogP contribution in [0.4, 0.5) is 9.18 Å². The molecule has 0 bridgehead atoms. The van der Waals surface area contributed by atoms with Gasteiger partial charge >= 0.3 is 12.0 Å². The predicted molar refractivity (Wildman–Crippen MR) is 89.5 cm³/mol. The molecule has 1 aliphatic heterocycles. The summed E-state index contributed by atoms with van der Waals surface area (Å²) in [4.78, 5) is 36.3. The smallest absolute Gasteiger partial charge is 0.435 e. The van der Waals surface area contributed by atoms with Crippen molar-refractivity contribution in [1.82, 2.24) is 0 Å². The number of ketones is 1. The topological polar surface area (TPSA) is 71.4 Å². The molecule has 1 aliphatic rings. The lowest BCUT2D eigenvalue weighted by Gasteiger charge is -2.32. The summed E-state index contributed by atoms with van der Waals surface area (Å²) in [5, 5.41) is 9.63. The molecule has 1 saturated heterocycles. The zero-order valence-corrected chi connectivity index (χ0v) is 15.1. The number of nitrogens with zero attached hydrogens (tertiary/aromatic N) is 1. The van der Waals surface area contributed by atoms with Gasteiger partial charge in [-0.1, -0.05) is 28.1 Å². The van der Waals surface area contributed by atoms with Gasteiger partial charge in [-0.2, -0.15) is 9.28 Å². The molecule has 0 aliphatic carbocycles. The summed E-state index contributed by atoms with van der Waals surface area (Å²) in [7, 11) is 0. The Morgan fingerprint density at radius 3 is 2.54 bits per heavy atom. The van der Waals surface area contributed by atoms with E-state index in [4.69, 9.17) is 0 Å². The van der Waals surface area contributed by atoms with Gasteiger partial charge in [-0.05, 0) is 26.0 Å². The molecule has 1 N–H and O–H groups in total. The molecule has 0 spiro atoms. The molecule has 2 unspecified atom stereocenters. The molecule has 2 amide bonds. The number of quaternary nitrogens is 1. The van der Waals surface area contributed by atoms with Gasteiger partial charge in [0.2, 0.25) is 0 Å². The van der Waals surface area contributed by atoms with E-state index in [9.17, 15) is 23.9 Å². The molecule has 24 heavy (non-hydrogen) atoms. The number of imide groups is 1. The second-order valence-electron chi connectivity index (χ2n) is 6.27. The molecule has 7 heteroatoms. The summed E-state index contributed by atoms with van der Waals surface area (Å²) in [5.41, 5.74) is 0.146. The maximum absolute atomic E-state index is 13.3. The fourth-order valence-corrected chi connectivity index (χ4v) is 3.79. The zero-order chi connectivity index (χ0) is 18.1. The van der Waals surface area contributed by atoms with Gasteiger partial charge in [-0.25, -0.2) is 9.18 Å². The maximum atomic E-state index is 13.3. The number of carbonyl (C=O) groups excluding carboxylic acids is 2. The largest absolute Gasteiger partial charge is 0.521 e. The van der Waals surface area contributed by atoms with E-state index in [2.05, 4.69) is 15.9 Å². The Balaban J connectivity index is 2.26. The van der Waals surface area contributed by atoms with Gasteiger partial charge < -0.3 is 5.11 Å². The van der Waals surface area contributed by atoms with Crippen molar-refractivity contribution >= 4 is 33.7 Å². The van der Waals surface area contributed by atoms with E-state index in [0.29, 0.717) is 12.8 Å². The van der Waals surface area contributed by atoms with Gasteiger partial charge in [-0.15, -0.1) is 0 Å². The van der Waals surface area contributed by atoms with E-state index in [-0.39, 0.29) is 18.2 Å². The average molecular weight is 401 g/mol. The Hall–Kier alpha value is -1.60. The summed E-state index contributed by atoms with van der Waals surface area (Å²) in [6.07, 6.45) is 0.112. The second-order valence-corrected chi connectivity index (χ2v) is 7.26. The first kappa shape index (κ1) is 18.7. The average Bonchev–Trinajstić information content (AvgIpc) is 2.94. The number of rotatable bonds is 4. The van der Waals surface area contributed by atoms with Crippen LogP contribution in [0, 0.1) is 11.7 Å². The Morgan fingerprint density at radius 2 is 2.04 bits per heavy atom. The van der Waals surface area contributed by atoms with Gasteiger partial charge in [-0.3, -0.25) is 4.79 Å². The van der Waals surface area contributed by atoms with Crippen LogP contribution < -0.4 is 0 Å². The van der Waals surface area contributed by atoms with Gasteiger partial charge in [0.25, 0.3) is 0 Å². The molecule has 130 valence electrons. The van der Waals surface area contributed by atoms with Gasteiger partial charge in [0.1, 0.15) is 11.9 Å². The van der Waals surface area contributed by atoms with Crippen LogP contribution in [0.2, 0.25) is 0 Å². The van der Waals surface area contributed by atoms with Crippen molar-refractivity contribution in [3.63, 3.8) is 0 Å². The van der Waals surface area contributed by atoms with Crippen LogP contribution >= 0.6 is 15.9 Å². The highest BCUT2D eigenvalue weighted by Crippen LogP contribution is 2.32. The van der Waals surface area contributed by atoms with E-state index in [0.717, 1.165) is 6.07 Å². The first-order chi connectivity index (χ1) is 11.2. The Kier molecular flexibility index (Phi) is 5.55. The quantitative estimate of drug-likeness (QED) is 0.475. The predicted octanol–water partition coefficient (Wildman–Crippen LogP) is 3.61. The number of benzene rings is 1. The SMILES string of the molecule is CC(C(=O)[N@@+]1(C(=O)O)CCCC1C)[C@@H](Br)C(=O)c1cccc(F)c1. The van der Waals surface area contributed by atoms with Crippen molar-refractivity contribution in [2.24, 2.45) is 5.92 Å². The standard InChI is InChI=1S/C17H19BrFNO4/c1-10-5-4-8-20(10,17(23)24)16(22)11(2)14(18)15(21)12-6-3-7-13(19)9-12/h3,6-7,9-11,14H,4-5,8H2,1-2H3/p+1/t10?,11?,14-,20-/m1/s1. The number of likely N-dealkylation sites (tertiary alicyclic amines) is 1. The highest BCUT2D eigenvalue weighted by Gasteiger charge is 2.55. The van der Waals surface area contributed by atoms with Crippen LogP contribution in [0.25, 0.3) is 0 Å². The van der Waals surface area contributed by atoms with Crippen LogP contribution in [0.1, 0.15) is 37.0 Å². The molecule has 0 radical (unpaired) electrons. The minimum Gasteiger partial charge on any atom is -0.435 e. The van der Waals surface area contributed by atoms with Gasteiger partial charge in [0.15, 0.2) is 5.78 Å². The maximum Gasteiger partial charge on any atom is 0.521 e. The first-order valence-electron chi connectivity index (χ1n) is 7.81. The number of carbonyl (C=O) groups is 3. The molecule has 1 aromatic rings. The number of hydrogen-bond donors (Lipinski definition) is 1. The lowest BCUT2D eigenvalue weighted by Crippen LogP contribution is -2.61. The van der Waals surface area contributed by atoms with Crippen molar-refractivity contribution < 1.29 is 28.4 Å². The lowest BCUT2D eigenvalue weighted by molar-refractivity contribution is -0.794. The van der Waals surface area contributed by atoms with E-state index >= 15 is 0 Å². The van der Waals surface area contributed by atoms with E-state index in [1.54, 1.807) is 6.92 Å². The van der Waals surface area contributed by atoms with Crippen LogP contribution in [-0.2, 0) is 4.79 Å². The molecular formula is C17H20BrFNO4+. The summed E-state index contributed by atoms with van der Waals surface area (Å²) < 4.78 is 12.6. The molecular weight excluding hydrogens is 381 g/mol. The summed E-state index contributed by atoms with van der Waals surface area (Å²) in [6, 6.07) is 4.89. The third-order valence-corrected chi connectivity index (χ3v) is 6.02. The third-order valence-electron chi connectivity index (χ3n) is 4.81. The second kappa shape index (κ2) is 7.11. The minimum absolute atomic E-state index is 0.146. The summed E-state index contributed by atoms with van der Waals surface area (Å²) >= 11 is 3.22. The van der Waals surface area contributed by atoms with Crippen LogP contribution in [0.15, 0.2) is 24.3 Å². The van der Waals surface area contributed by atoms with Crippen molar-refractivity contribution in [3.8, 4) is 0 Å². The van der Waals surface area contributed by atoms with Crippen molar-refractivity contribution in [2.75, 3.05) is 6.54 Å². The van der Waals surface area contributed by atoms with E-state index in [1.165, 1.54) is 25.1 Å². The van der Waals surface area contributed by atoms with Crippen molar-refractivity contribution in [2.45, 2.75) is 37.6 Å². The van der Waals surface area contributed by atoms with E-state index < -0.39 is 38.8 Å². The Bertz CT molecular complexity index is 680. The number of halogens is 2. The molecule has 0 saturated carbocycles. The van der Waals surface area contributed by atoms with Crippen LogP contribution in [0.5, 0.6) is 0 Å². The highest BCUT2D eigenvalue weighted by molar-refractivity contribution is 9.10. The molecule has 5 nitrogen and oxygen atoms in total. The number of amides is 2. The molecule has 0 aromatic heterocycles. The third kappa shape index (κ3) is 3.15. The van der Waals surface area contributed by atoms with Crippen LogP contribution in [-0.4, -0.2) is 44.8 Å². The molecule has 1 heterocycles. The number of hydrogen-bond acceptors (Lipinski definition) is 3. The zero-order valence-electron chi connectivity index (χ0n) is 13.5. The molecule has 1 aromatic carbocycles. The fourth-order valence-electron chi connectivity index (χ4n) is 3.30. The van der Waals surface area contributed by atoms with E-state index in [1.807, 2.05) is 0 Å². The fraction of sp³-hybridized carbons (Fsp3) is 0.471. The Labute approximate surface area is 148 Å². The van der Waals surface area contributed by atoms with Crippen LogP contribution in [0.3, 0.4) is 0 Å². The molecule has 2 rings (SSSR count). The monoisotopic (exact) mass is 400 g/mol. The summed E-state index contributed by atoms with van der Waals surface area (Å²) in [6.45, 7) is 3.50. The number of alkyl halides is 1. The van der Waals surface area contributed by atoms with Crippen molar-refractivity contribution in [1.29, 1.82) is 0 Å². The molecule has 1 fully saturated rings. The van der Waals surface area contributed by atoms with Gasteiger partial charge in [0.05, 0.1) is 17.3 Å². The number of Topliss-reactive ketones (excluding diaryl/α,β-unsaturated/α-hetero) is 1. The van der Waals surface area contributed by atoms with Crippen molar-refractivity contribution in [3.05, 3.63) is 35.6 Å². The highest BCUT2D eigenvalue weighted by atomic mass is 79.9. The normalized spacial score (nSPS) is 25.9. The lowest BCUT2D eigenvalue weighted by atomic mass is 9.97. The number of carboxylic acid groups (broad SMARTS) is 1. The minimum atomic E-state index is -1.19. The molecule has 4 atom stereocenters. The summed E-state index contributed by atoms with van der Waals surface area (Å²) in [5.74, 6) is -2.33.